The summed E-state index contributed by atoms with van der Waals surface area (Å²) in [5.41, 5.74) is 2.72. The van der Waals surface area contributed by atoms with Gasteiger partial charge in [-0.1, -0.05) is 6.07 Å². The molecule has 1 fully saturated rings. The smallest absolute Gasteiger partial charge is 0.339 e. The molecule has 3 aromatic rings. The number of hydrogen-bond donors (Lipinski definition) is 2. The second kappa shape index (κ2) is 5.77. The van der Waals surface area contributed by atoms with Crippen molar-refractivity contribution in [3.63, 3.8) is 0 Å². The van der Waals surface area contributed by atoms with Crippen molar-refractivity contribution in [1.29, 1.82) is 0 Å². The molecule has 0 aliphatic heterocycles. The summed E-state index contributed by atoms with van der Waals surface area (Å²) in [7, 11) is 2.02. The number of aryl methyl sites for hydroxylation is 1. The zero-order valence-corrected chi connectivity index (χ0v) is 13.7. The Morgan fingerprint density at radius 1 is 1.36 bits per heavy atom. The Balaban J connectivity index is 1.52. The molecule has 0 unspecified atom stereocenters. The summed E-state index contributed by atoms with van der Waals surface area (Å²) in [6.45, 7) is 0.268. The van der Waals surface area contributed by atoms with Gasteiger partial charge in [0.05, 0.1) is 17.3 Å². The molecule has 0 spiro atoms. The van der Waals surface area contributed by atoms with Crippen LogP contribution in [0.1, 0.15) is 51.1 Å². The van der Waals surface area contributed by atoms with Crippen LogP contribution in [0.25, 0.3) is 11.0 Å². The van der Waals surface area contributed by atoms with Crippen LogP contribution in [0.15, 0.2) is 34.9 Å². The minimum Gasteiger partial charge on any atom is -0.478 e. The van der Waals surface area contributed by atoms with E-state index in [1.807, 2.05) is 25.2 Å². The number of rotatable bonds is 5. The van der Waals surface area contributed by atoms with E-state index in [0.717, 1.165) is 22.4 Å². The van der Waals surface area contributed by atoms with Crippen LogP contribution < -0.4 is 5.32 Å². The number of furan rings is 1. The lowest BCUT2D eigenvalue weighted by molar-refractivity contribution is 0.0688. The molecule has 2 aromatic heterocycles. The van der Waals surface area contributed by atoms with Gasteiger partial charge in [0.1, 0.15) is 11.4 Å². The molecule has 128 valence electrons. The molecule has 2 N–H and O–H groups in total. The first-order valence-corrected chi connectivity index (χ1v) is 8.09. The lowest BCUT2D eigenvalue weighted by Gasteiger charge is -2.05. The van der Waals surface area contributed by atoms with Gasteiger partial charge in [-0.15, -0.1) is 0 Å². The molecule has 1 aromatic carbocycles. The van der Waals surface area contributed by atoms with Crippen LogP contribution in [0, 0.1) is 0 Å². The number of amides is 1. The SMILES string of the molecule is Cn1c(C2CC2)nc2cc(CNC(=O)c3occc3C(=O)O)ccc21. The molecule has 1 aliphatic rings. The zero-order valence-electron chi connectivity index (χ0n) is 13.7. The van der Waals surface area contributed by atoms with E-state index in [1.54, 1.807) is 0 Å². The predicted octanol–water partition coefficient (Wildman–Crippen LogP) is 2.67. The average molecular weight is 339 g/mol. The van der Waals surface area contributed by atoms with Gasteiger partial charge in [-0.3, -0.25) is 4.79 Å². The molecular formula is C18H17N3O4. The Hall–Kier alpha value is -3.09. The maximum Gasteiger partial charge on any atom is 0.339 e. The van der Waals surface area contributed by atoms with Crippen LogP contribution in [0.2, 0.25) is 0 Å². The van der Waals surface area contributed by atoms with Crippen molar-refractivity contribution < 1.29 is 19.1 Å². The summed E-state index contributed by atoms with van der Waals surface area (Å²) in [4.78, 5) is 27.9. The number of imidazole rings is 1. The summed E-state index contributed by atoms with van der Waals surface area (Å²) < 4.78 is 7.11. The van der Waals surface area contributed by atoms with Crippen LogP contribution in [-0.2, 0) is 13.6 Å². The molecule has 0 radical (unpaired) electrons. The number of carboxylic acids is 1. The first-order chi connectivity index (χ1) is 12.0. The number of fused-ring (bicyclic) bond motifs is 1. The van der Waals surface area contributed by atoms with E-state index in [0.29, 0.717) is 5.92 Å². The molecule has 0 bridgehead atoms. The lowest BCUT2D eigenvalue weighted by atomic mass is 10.2. The number of hydrogen-bond acceptors (Lipinski definition) is 4. The number of nitrogens with zero attached hydrogens (tertiary/aromatic N) is 2. The van der Waals surface area contributed by atoms with Crippen LogP contribution in [0.4, 0.5) is 0 Å². The van der Waals surface area contributed by atoms with Gasteiger partial charge in [-0.2, -0.15) is 0 Å². The topological polar surface area (TPSA) is 97.4 Å². The van der Waals surface area contributed by atoms with Gasteiger partial charge < -0.3 is 19.4 Å². The van der Waals surface area contributed by atoms with Crippen molar-refractivity contribution in [2.45, 2.75) is 25.3 Å². The second-order valence-electron chi connectivity index (χ2n) is 6.28. The Labute approximate surface area is 143 Å². The van der Waals surface area contributed by atoms with Crippen LogP contribution in [0.5, 0.6) is 0 Å². The molecule has 1 saturated carbocycles. The molecule has 0 saturated heterocycles. The highest BCUT2D eigenvalue weighted by Crippen LogP contribution is 2.40. The fraction of sp³-hybridized carbons (Fsp3) is 0.278. The minimum atomic E-state index is -1.19. The molecule has 7 heteroatoms. The largest absolute Gasteiger partial charge is 0.478 e. The first kappa shape index (κ1) is 15.4. The number of aromatic carboxylic acids is 1. The maximum atomic E-state index is 12.1. The zero-order chi connectivity index (χ0) is 17.6. The van der Waals surface area contributed by atoms with Crippen molar-refractivity contribution in [3.8, 4) is 0 Å². The quantitative estimate of drug-likeness (QED) is 0.745. The van der Waals surface area contributed by atoms with E-state index in [9.17, 15) is 9.59 Å². The third kappa shape index (κ3) is 2.77. The van der Waals surface area contributed by atoms with E-state index >= 15 is 0 Å². The van der Waals surface area contributed by atoms with Crippen LogP contribution in [0.3, 0.4) is 0 Å². The molecule has 2 heterocycles. The van der Waals surface area contributed by atoms with Gasteiger partial charge in [0.15, 0.2) is 0 Å². The summed E-state index contributed by atoms with van der Waals surface area (Å²) in [6.07, 6.45) is 3.57. The fourth-order valence-electron chi connectivity index (χ4n) is 3.00. The highest BCUT2D eigenvalue weighted by molar-refractivity contribution is 6.02. The van der Waals surface area contributed by atoms with Gasteiger partial charge in [0, 0.05) is 19.5 Å². The molecule has 25 heavy (non-hydrogen) atoms. The average Bonchev–Trinajstić information content (AvgIpc) is 3.21. The number of carboxylic acid groups (broad SMARTS) is 1. The van der Waals surface area contributed by atoms with Crippen molar-refractivity contribution >= 4 is 22.9 Å². The summed E-state index contributed by atoms with van der Waals surface area (Å²) in [5, 5.41) is 11.7. The van der Waals surface area contributed by atoms with Crippen molar-refractivity contribution in [3.05, 3.63) is 53.2 Å². The standard InChI is InChI=1S/C18H17N3O4/c1-21-14-5-2-10(8-13(14)20-16(21)11-3-4-11)9-19-17(22)15-12(18(23)24)6-7-25-15/h2,5-8,11H,3-4,9H2,1H3,(H,19,22)(H,23,24). The molecule has 1 amide bonds. The van der Waals surface area contributed by atoms with E-state index in [-0.39, 0.29) is 17.9 Å². The summed E-state index contributed by atoms with van der Waals surface area (Å²) >= 11 is 0. The Morgan fingerprint density at radius 3 is 2.88 bits per heavy atom. The van der Waals surface area contributed by atoms with E-state index in [2.05, 4.69) is 9.88 Å². The maximum absolute atomic E-state index is 12.1. The van der Waals surface area contributed by atoms with Crippen molar-refractivity contribution in [2.24, 2.45) is 7.05 Å². The third-order valence-electron chi connectivity index (χ3n) is 4.48. The van der Waals surface area contributed by atoms with E-state index < -0.39 is 11.9 Å². The Kier molecular flexibility index (Phi) is 3.56. The molecular weight excluding hydrogens is 322 g/mol. The highest BCUT2D eigenvalue weighted by atomic mass is 16.4. The van der Waals surface area contributed by atoms with Crippen molar-refractivity contribution in [2.75, 3.05) is 0 Å². The normalized spacial score (nSPS) is 14.0. The molecule has 4 rings (SSSR count). The predicted molar refractivity (Wildman–Crippen MR) is 89.5 cm³/mol. The second-order valence-corrected chi connectivity index (χ2v) is 6.28. The lowest BCUT2D eigenvalue weighted by Crippen LogP contribution is -2.24. The fourth-order valence-corrected chi connectivity index (χ4v) is 3.00. The van der Waals surface area contributed by atoms with E-state index in [4.69, 9.17) is 14.5 Å². The van der Waals surface area contributed by atoms with Gasteiger partial charge >= 0.3 is 5.97 Å². The number of carbonyl (C=O) groups excluding carboxylic acids is 1. The van der Waals surface area contributed by atoms with Gasteiger partial charge in [0.2, 0.25) is 5.76 Å². The number of aromatic nitrogens is 2. The monoisotopic (exact) mass is 339 g/mol. The van der Waals surface area contributed by atoms with Crippen LogP contribution >= 0.6 is 0 Å². The Morgan fingerprint density at radius 2 is 2.16 bits per heavy atom. The molecule has 0 atom stereocenters. The number of benzene rings is 1. The number of carbonyl (C=O) groups is 2. The van der Waals surface area contributed by atoms with Crippen molar-refractivity contribution in [1.82, 2.24) is 14.9 Å². The van der Waals surface area contributed by atoms with Crippen LogP contribution in [-0.4, -0.2) is 26.5 Å². The highest BCUT2D eigenvalue weighted by Gasteiger charge is 2.28. The third-order valence-corrected chi connectivity index (χ3v) is 4.48. The van der Waals surface area contributed by atoms with Gasteiger partial charge in [-0.05, 0) is 36.6 Å². The summed E-state index contributed by atoms with van der Waals surface area (Å²) in [5.74, 6) is -0.266. The molecule has 1 aliphatic carbocycles. The van der Waals surface area contributed by atoms with Gasteiger partial charge in [0.25, 0.3) is 5.91 Å². The minimum absolute atomic E-state index is 0.147. The van der Waals surface area contributed by atoms with E-state index in [1.165, 1.54) is 25.2 Å². The first-order valence-electron chi connectivity index (χ1n) is 8.09. The Bertz CT molecular complexity index is 982. The summed E-state index contributed by atoms with van der Waals surface area (Å²) in [6, 6.07) is 7.13. The van der Waals surface area contributed by atoms with Gasteiger partial charge in [-0.25, -0.2) is 9.78 Å². The number of nitrogens with one attached hydrogen (secondary N) is 1. The molecule has 7 nitrogen and oxygen atoms in total.